The Kier molecular flexibility index (Phi) is 2.80. The van der Waals surface area contributed by atoms with Crippen molar-refractivity contribution in [2.24, 2.45) is 0 Å². The van der Waals surface area contributed by atoms with Gasteiger partial charge in [0, 0.05) is 10.6 Å². The number of nitrogens with zero attached hydrogens (tertiary/aromatic N) is 1. The van der Waals surface area contributed by atoms with Crippen molar-refractivity contribution in [2.45, 2.75) is 0 Å². The van der Waals surface area contributed by atoms with Crippen LogP contribution < -0.4 is 0 Å². The van der Waals surface area contributed by atoms with E-state index < -0.39 is 0 Å². The van der Waals surface area contributed by atoms with E-state index in [0.717, 1.165) is 5.56 Å². The van der Waals surface area contributed by atoms with Gasteiger partial charge in [0.15, 0.2) is 5.69 Å². The first-order valence-electron chi connectivity index (χ1n) is 4.67. The number of hydrogen-bond donors (Lipinski definition) is 1. The molecular weight excluding hydrogens is 222 g/mol. The predicted molar refractivity (Wildman–Crippen MR) is 64.8 cm³/mol. The minimum absolute atomic E-state index is 0.159. The smallest absolute Gasteiger partial charge is 0.187 e. The number of hydrogen-bond acceptors (Lipinski definition) is 1. The van der Waals surface area contributed by atoms with Gasteiger partial charge in [0.05, 0.1) is 6.57 Å². The van der Waals surface area contributed by atoms with Crippen molar-refractivity contribution in [2.75, 3.05) is 0 Å². The number of rotatable bonds is 1. The highest BCUT2D eigenvalue weighted by Gasteiger charge is 2.05. The minimum atomic E-state index is 0.159. The average molecular weight is 230 g/mol. The Morgan fingerprint density at radius 3 is 2.69 bits per heavy atom. The lowest BCUT2D eigenvalue weighted by molar-refractivity contribution is 0.477. The Hall–Kier alpha value is -1.98. The van der Waals surface area contributed by atoms with Crippen LogP contribution in [-0.2, 0) is 0 Å². The Labute approximate surface area is 98.6 Å². The number of aromatic hydroxyl groups is 1. The van der Waals surface area contributed by atoms with Crippen LogP contribution >= 0.6 is 11.6 Å². The molecule has 0 aliphatic carbocycles. The maximum absolute atomic E-state index is 9.72. The average Bonchev–Trinajstić information content (AvgIpc) is 2.32. The molecule has 0 aliphatic heterocycles. The van der Waals surface area contributed by atoms with Gasteiger partial charge in [-0.2, -0.15) is 0 Å². The van der Waals surface area contributed by atoms with Crippen molar-refractivity contribution < 1.29 is 5.11 Å². The van der Waals surface area contributed by atoms with E-state index in [-0.39, 0.29) is 5.75 Å². The van der Waals surface area contributed by atoms with E-state index in [9.17, 15) is 5.11 Å². The molecule has 0 aliphatic rings. The van der Waals surface area contributed by atoms with Gasteiger partial charge in [-0.3, -0.25) is 0 Å². The molecule has 0 saturated carbocycles. The molecule has 2 aromatic rings. The van der Waals surface area contributed by atoms with E-state index in [1.165, 1.54) is 0 Å². The largest absolute Gasteiger partial charge is 0.507 e. The standard InChI is InChI=1S/C13H8ClNO/c1-15-11-4-2-3-9(7-11)12-8-10(14)5-6-13(12)16/h2-8,16H. The number of phenols is 1. The first-order valence-corrected chi connectivity index (χ1v) is 5.05. The van der Waals surface area contributed by atoms with Gasteiger partial charge in [-0.1, -0.05) is 29.8 Å². The quantitative estimate of drug-likeness (QED) is 0.726. The lowest BCUT2D eigenvalue weighted by Crippen LogP contribution is -1.78. The van der Waals surface area contributed by atoms with Crippen LogP contribution in [0.15, 0.2) is 42.5 Å². The summed E-state index contributed by atoms with van der Waals surface area (Å²) in [5.41, 5.74) is 1.96. The molecule has 2 nitrogen and oxygen atoms in total. The van der Waals surface area contributed by atoms with E-state index in [2.05, 4.69) is 4.85 Å². The van der Waals surface area contributed by atoms with Gasteiger partial charge in [0.1, 0.15) is 5.75 Å². The highest BCUT2D eigenvalue weighted by Crippen LogP contribution is 2.33. The Morgan fingerprint density at radius 1 is 1.12 bits per heavy atom. The summed E-state index contributed by atoms with van der Waals surface area (Å²) in [5.74, 6) is 0.159. The topological polar surface area (TPSA) is 24.6 Å². The zero-order valence-electron chi connectivity index (χ0n) is 8.31. The van der Waals surface area contributed by atoms with Crippen LogP contribution in [-0.4, -0.2) is 5.11 Å². The van der Waals surface area contributed by atoms with Crippen molar-refractivity contribution in [3.05, 3.63) is 58.9 Å². The van der Waals surface area contributed by atoms with Crippen LogP contribution in [0, 0.1) is 6.57 Å². The van der Waals surface area contributed by atoms with Crippen molar-refractivity contribution in [1.82, 2.24) is 0 Å². The molecule has 0 unspecified atom stereocenters. The van der Waals surface area contributed by atoms with Gasteiger partial charge in [0.2, 0.25) is 0 Å². The summed E-state index contributed by atoms with van der Waals surface area (Å²) in [5, 5.41) is 10.3. The lowest BCUT2D eigenvalue weighted by Gasteiger charge is -2.05. The molecule has 1 N–H and O–H groups in total. The third-order valence-corrected chi connectivity index (χ3v) is 2.48. The van der Waals surface area contributed by atoms with Crippen LogP contribution in [0.2, 0.25) is 5.02 Å². The summed E-state index contributed by atoms with van der Waals surface area (Å²) in [4.78, 5) is 3.34. The first-order chi connectivity index (χ1) is 7.70. The molecule has 3 heteroatoms. The molecule has 0 spiro atoms. The second kappa shape index (κ2) is 4.26. The van der Waals surface area contributed by atoms with Crippen molar-refractivity contribution in [3.8, 4) is 16.9 Å². The first kappa shape index (κ1) is 10.5. The number of phenolic OH excluding ortho intramolecular Hbond substituents is 1. The molecule has 0 amide bonds. The fourth-order valence-corrected chi connectivity index (χ4v) is 1.65. The monoisotopic (exact) mass is 229 g/mol. The van der Waals surface area contributed by atoms with Crippen LogP contribution in [0.1, 0.15) is 0 Å². The molecule has 16 heavy (non-hydrogen) atoms. The second-order valence-corrected chi connectivity index (χ2v) is 3.76. The van der Waals surface area contributed by atoms with Crippen molar-refractivity contribution in [1.29, 1.82) is 0 Å². The molecule has 0 fully saturated rings. The third-order valence-electron chi connectivity index (χ3n) is 2.24. The summed E-state index contributed by atoms with van der Waals surface area (Å²) in [6, 6.07) is 11.9. The van der Waals surface area contributed by atoms with Crippen molar-refractivity contribution in [3.63, 3.8) is 0 Å². The highest BCUT2D eigenvalue weighted by atomic mass is 35.5. The fourth-order valence-electron chi connectivity index (χ4n) is 1.48. The summed E-state index contributed by atoms with van der Waals surface area (Å²) < 4.78 is 0. The Bertz CT molecular complexity index is 572. The second-order valence-electron chi connectivity index (χ2n) is 3.32. The zero-order valence-corrected chi connectivity index (χ0v) is 9.07. The molecule has 0 aromatic heterocycles. The van der Waals surface area contributed by atoms with Gasteiger partial charge in [0.25, 0.3) is 0 Å². The van der Waals surface area contributed by atoms with Gasteiger partial charge in [-0.25, -0.2) is 4.85 Å². The maximum atomic E-state index is 9.72. The van der Waals surface area contributed by atoms with Crippen molar-refractivity contribution >= 4 is 17.3 Å². The van der Waals surface area contributed by atoms with E-state index in [1.807, 2.05) is 6.07 Å². The van der Waals surface area contributed by atoms with Crippen LogP contribution in [0.3, 0.4) is 0 Å². The molecule has 78 valence electrons. The van der Waals surface area contributed by atoms with Gasteiger partial charge < -0.3 is 5.11 Å². The molecule has 0 bridgehead atoms. The maximum Gasteiger partial charge on any atom is 0.187 e. The SMILES string of the molecule is [C-]#[N+]c1cccc(-c2cc(Cl)ccc2O)c1. The zero-order chi connectivity index (χ0) is 11.5. The Balaban J connectivity index is 2.58. The van der Waals surface area contributed by atoms with E-state index >= 15 is 0 Å². The molecule has 2 rings (SSSR count). The van der Waals surface area contributed by atoms with E-state index in [0.29, 0.717) is 16.3 Å². The van der Waals surface area contributed by atoms with Gasteiger partial charge in [-0.15, -0.1) is 0 Å². The molecule has 0 saturated heterocycles. The Morgan fingerprint density at radius 2 is 1.94 bits per heavy atom. The van der Waals surface area contributed by atoms with E-state index in [4.69, 9.17) is 18.2 Å². The molecule has 2 aromatic carbocycles. The third kappa shape index (κ3) is 2.00. The van der Waals surface area contributed by atoms with Crippen LogP contribution in [0.5, 0.6) is 5.75 Å². The number of halogens is 1. The summed E-state index contributed by atoms with van der Waals surface area (Å²) in [6.45, 7) is 6.94. The summed E-state index contributed by atoms with van der Waals surface area (Å²) >= 11 is 5.87. The highest BCUT2D eigenvalue weighted by molar-refractivity contribution is 6.31. The van der Waals surface area contributed by atoms with Crippen LogP contribution in [0.4, 0.5) is 5.69 Å². The molecular formula is C13H8ClNO. The predicted octanol–water partition coefficient (Wildman–Crippen LogP) is 4.26. The van der Waals surface area contributed by atoms with Gasteiger partial charge >= 0.3 is 0 Å². The molecule has 0 heterocycles. The fraction of sp³-hybridized carbons (Fsp3) is 0. The van der Waals surface area contributed by atoms with Crippen LogP contribution in [0.25, 0.3) is 16.0 Å². The summed E-state index contributed by atoms with van der Waals surface area (Å²) in [6.07, 6.45) is 0. The van der Waals surface area contributed by atoms with E-state index in [1.54, 1.807) is 36.4 Å². The van der Waals surface area contributed by atoms with Gasteiger partial charge in [-0.05, 0) is 29.8 Å². The number of benzene rings is 2. The lowest BCUT2D eigenvalue weighted by atomic mass is 10.0. The summed E-state index contributed by atoms with van der Waals surface area (Å²) in [7, 11) is 0. The normalized spacial score (nSPS) is 9.75. The molecule has 0 atom stereocenters. The minimum Gasteiger partial charge on any atom is -0.507 e. The molecule has 0 radical (unpaired) electrons.